The number of aromatic nitrogens is 2. The average Bonchev–Trinajstić information content (AvgIpc) is 1.56. The van der Waals surface area contributed by atoms with Crippen LogP contribution in [0.1, 0.15) is 94.5 Å². The number of rotatable bonds is 4. The number of benzene rings is 11. The standard InChI is InChI=1S/C32H23N.C27H27BO2.C21H15Br.C11H8ClN/c1-2-8-22(9-3-1)31-19-24(16-17-33-31)23-14-15-25-20-32(21-26(25)18-23)29-12-6-4-10-27(29)28-11-5-7-13-30(28)32;1-25(2)26(3,4)30-28(29-25)20-14-13-18-16-27(17-19(18)15-20)23-11-7-5-9-21(23)22-10-6-8-12-24(22)27;22-16-10-9-14-12-21(13-15(14)11-16)19-7-3-1-5-17(19)18-6-2-4-8-20(18)21;12-10-6-7-13-11(8-10)9-4-2-1-3-5-9/h1-19H,20-21H2;5-15H,16-17H2,1-4H3;1-11H,12-13H2;1-8H. The van der Waals surface area contributed by atoms with Crippen LogP contribution in [0.15, 0.2) is 302 Å². The maximum Gasteiger partial charge on any atom is 0.494 e. The molecule has 7 heteroatoms. The van der Waals surface area contributed by atoms with Gasteiger partial charge in [-0.1, -0.05) is 276 Å². The van der Waals surface area contributed by atoms with Gasteiger partial charge in [0, 0.05) is 49.3 Å². The first-order valence-corrected chi connectivity index (χ1v) is 35.6. The molecule has 0 bridgehead atoms. The molecule has 476 valence electrons. The molecule has 0 radical (unpaired) electrons. The molecule has 1 aliphatic heterocycles. The lowest BCUT2D eigenvalue weighted by molar-refractivity contribution is 0.00578. The van der Waals surface area contributed by atoms with Crippen molar-refractivity contribution < 1.29 is 9.31 Å². The number of pyridine rings is 2. The fourth-order valence-corrected chi connectivity index (χ4v) is 17.8. The summed E-state index contributed by atoms with van der Waals surface area (Å²) in [6.45, 7) is 8.45. The van der Waals surface area contributed by atoms with Gasteiger partial charge >= 0.3 is 7.12 Å². The minimum atomic E-state index is -0.318. The van der Waals surface area contributed by atoms with Gasteiger partial charge < -0.3 is 9.31 Å². The zero-order valence-electron chi connectivity index (χ0n) is 55.6. The van der Waals surface area contributed by atoms with Crippen molar-refractivity contribution in [2.75, 3.05) is 0 Å². The Balaban J connectivity index is 0.000000103. The highest BCUT2D eigenvalue weighted by molar-refractivity contribution is 9.10. The van der Waals surface area contributed by atoms with E-state index in [9.17, 15) is 0 Å². The monoisotopic (exact) mass is 1350 g/mol. The smallest absolute Gasteiger partial charge is 0.399 e. The molecule has 0 unspecified atom stereocenters. The molecule has 3 spiro atoms. The Bertz CT molecular complexity index is 5100. The molecule has 1 fully saturated rings. The lowest BCUT2D eigenvalue weighted by atomic mass is 9.75. The van der Waals surface area contributed by atoms with E-state index in [0.29, 0.717) is 5.02 Å². The van der Waals surface area contributed by atoms with Crippen LogP contribution in [0.4, 0.5) is 0 Å². The first-order valence-electron chi connectivity index (χ1n) is 34.4. The van der Waals surface area contributed by atoms with E-state index in [1.165, 1.54) is 116 Å². The Hall–Kier alpha value is -9.53. The molecule has 6 aliphatic carbocycles. The molecule has 0 atom stereocenters. The molecule has 13 aromatic rings. The predicted octanol–water partition coefficient (Wildman–Crippen LogP) is 21.4. The van der Waals surface area contributed by atoms with Gasteiger partial charge in [-0.3, -0.25) is 9.97 Å². The van der Waals surface area contributed by atoms with Crippen molar-refractivity contribution in [3.63, 3.8) is 0 Å². The quantitative estimate of drug-likeness (QED) is 0.165. The summed E-state index contributed by atoms with van der Waals surface area (Å²) in [5.41, 5.74) is 33.6. The summed E-state index contributed by atoms with van der Waals surface area (Å²) in [4.78, 5) is 8.84. The third kappa shape index (κ3) is 10.6. The number of hydrogen-bond acceptors (Lipinski definition) is 4. The fraction of sp³-hybridized carbons (Fsp3) is 0.165. The minimum Gasteiger partial charge on any atom is -0.399 e. The Kier molecular flexibility index (Phi) is 15.5. The van der Waals surface area contributed by atoms with E-state index >= 15 is 0 Å². The van der Waals surface area contributed by atoms with Gasteiger partial charge in [-0.05, 0) is 219 Å². The van der Waals surface area contributed by atoms with E-state index in [4.69, 9.17) is 20.9 Å². The molecule has 0 amide bonds. The van der Waals surface area contributed by atoms with Crippen molar-refractivity contribution in [1.82, 2.24) is 9.97 Å². The molecule has 3 heterocycles. The number of fused-ring (bicyclic) bond motifs is 18. The predicted molar refractivity (Wildman–Crippen MR) is 406 cm³/mol. The highest BCUT2D eigenvalue weighted by atomic mass is 79.9. The second-order valence-electron chi connectivity index (χ2n) is 28.6. The molecule has 4 nitrogen and oxygen atoms in total. The van der Waals surface area contributed by atoms with Crippen LogP contribution >= 0.6 is 27.5 Å². The van der Waals surface area contributed by atoms with Crippen LogP contribution in [0.3, 0.4) is 0 Å². The highest BCUT2D eigenvalue weighted by Crippen LogP contribution is 2.58. The fourth-order valence-electron chi connectivity index (χ4n) is 17.3. The zero-order valence-corrected chi connectivity index (χ0v) is 57.9. The Morgan fingerprint density at radius 1 is 0.316 bits per heavy atom. The minimum absolute atomic E-state index is 0.0457. The van der Waals surface area contributed by atoms with E-state index in [1.54, 1.807) is 12.3 Å². The van der Waals surface area contributed by atoms with E-state index in [1.807, 2.05) is 48.7 Å². The van der Waals surface area contributed by atoms with Gasteiger partial charge in [0.25, 0.3) is 0 Å². The van der Waals surface area contributed by atoms with Crippen LogP contribution in [0.2, 0.25) is 5.02 Å². The molecule has 98 heavy (non-hydrogen) atoms. The molecule has 11 aromatic carbocycles. The van der Waals surface area contributed by atoms with Crippen LogP contribution < -0.4 is 5.46 Å². The van der Waals surface area contributed by atoms with Gasteiger partial charge in [0.1, 0.15) is 0 Å². The number of nitrogens with zero attached hydrogens (tertiary/aromatic N) is 2. The van der Waals surface area contributed by atoms with E-state index in [-0.39, 0.29) is 34.6 Å². The van der Waals surface area contributed by atoms with Crippen molar-refractivity contribution >= 4 is 40.1 Å². The average molecular weight is 1350 g/mol. The summed E-state index contributed by atoms with van der Waals surface area (Å²) in [6, 6.07) is 103. The lowest BCUT2D eigenvalue weighted by Crippen LogP contribution is -2.41. The highest BCUT2D eigenvalue weighted by Gasteiger charge is 2.53. The summed E-state index contributed by atoms with van der Waals surface area (Å²) in [5.74, 6) is 0. The van der Waals surface area contributed by atoms with Crippen molar-refractivity contribution in [1.29, 1.82) is 0 Å². The Morgan fingerprint density at radius 2 is 0.653 bits per heavy atom. The van der Waals surface area contributed by atoms with E-state index in [2.05, 4.69) is 290 Å². The normalized spacial score (nSPS) is 16.5. The van der Waals surface area contributed by atoms with Crippen molar-refractivity contribution in [3.05, 3.63) is 374 Å². The van der Waals surface area contributed by atoms with Gasteiger partial charge in [0.2, 0.25) is 0 Å². The van der Waals surface area contributed by atoms with Crippen molar-refractivity contribution in [2.24, 2.45) is 0 Å². The van der Waals surface area contributed by atoms with Crippen LogP contribution in [0, 0.1) is 0 Å². The second-order valence-corrected chi connectivity index (χ2v) is 30.0. The van der Waals surface area contributed by atoms with E-state index < -0.39 is 0 Å². The van der Waals surface area contributed by atoms with Crippen LogP contribution in [0.5, 0.6) is 0 Å². The lowest BCUT2D eigenvalue weighted by Gasteiger charge is -2.32. The summed E-state index contributed by atoms with van der Waals surface area (Å²) >= 11 is 9.48. The molecular weight excluding hydrogens is 1280 g/mol. The van der Waals surface area contributed by atoms with Gasteiger partial charge in [-0.25, -0.2) is 0 Å². The molecule has 2 aromatic heterocycles. The molecule has 7 aliphatic rings. The maximum atomic E-state index is 6.32. The SMILES string of the molecule is Brc1ccc2c(c1)CC1(C2)c2ccccc2-c2ccccc21.CC1(C)OB(c2ccc3c(c2)CC2(C3)c3ccccc3-c3ccccc32)OC1(C)C.Clc1ccnc(-c2ccccc2)c1.c1ccc(-c2cc(-c3ccc4c(c3)CC3(C4)c4ccccc4-c4ccccc43)ccn2)cc1. The summed E-state index contributed by atoms with van der Waals surface area (Å²) in [6.07, 6.45) is 10.1. The van der Waals surface area contributed by atoms with Crippen LogP contribution in [-0.2, 0) is 64.1 Å². The van der Waals surface area contributed by atoms with Crippen molar-refractivity contribution in [3.8, 4) is 67.0 Å². The first-order chi connectivity index (χ1) is 47.8. The number of hydrogen-bond donors (Lipinski definition) is 0. The van der Waals surface area contributed by atoms with Gasteiger partial charge in [-0.15, -0.1) is 0 Å². The van der Waals surface area contributed by atoms with Crippen LogP contribution in [-0.4, -0.2) is 28.3 Å². The number of halogens is 2. The second kappa shape index (κ2) is 24.5. The Morgan fingerprint density at radius 3 is 1.08 bits per heavy atom. The largest absolute Gasteiger partial charge is 0.494 e. The van der Waals surface area contributed by atoms with Gasteiger partial charge in [0.05, 0.1) is 22.6 Å². The van der Waals surface area contributed by atoms with Crippen molar-refractivity contribution in [2.45, 2.75) is 93.7 Å². The maximum absolute atomic E-state index is 6.32. The topological polar surface area (TPSA) is 44.2 Å². The zero-order chi connectivity index (χ0) is 66.4. The molecule has 0 saturated carbocycles. The third-order valence-corrected chi connectivity index (χ3v) is 23.3. The first kappa shape index (κ1) is 62.0. The van der Waals surface area contributed by atoms with E-state index in [0.717, 1.165) is 66.5 Å². The summed E-state index contributed by atoms with van der Waals surface area (Å²) < 4.78 is 13.8. The summed E-state index contributed by atoms with van der Waals surface area (Å²) in [5, 5.41) is 0.717. The van der Waals surface area contributed by atoms with Crippen LogP contribution in [0.25, 0.3) is 67.0 Å². The molecule has 0 N–H and O–H groups in total. The molecule has 1 saturated heterocycles. The third-order valence-electron chi connectivity index (χ3n) is 22.6. The molecule has 20 rings (SSSR count). The van der Waals surface area contributed by atoms with Gasteiger partial charge in [-0.2, -0.15) is 0 Å². The Labute approximate surface area is 589 Å². The van der Waals surface area contributed by atoms with Gasteiger partial charge in [0.15, 0.2) is 0 Å². The molecular formula is C91H73BBrClN2O2. The summed E-state index contributed by atoms with van der Waals surface area (Å²) in [7, 11) is -0.306.